The first-order chi connectivity index (χ1) is 10.4. The molecule has 2 aromatic rings. The van der Waals surface area contributed by atoms with Crippen molar-refractivity contribution in [1.29, 1.82) is 0 Å². The van der Waals surface area contributed by atoms with Crippen molar-refractivity contribution in [3.05, 3.63) is 53.3 Å². The minimum Gasteiger partial charge on any atom is -0.317 e. The van der Waals surface area contributed by atoms with Crippen LogP contribution in [0.25, 0.3) is 0 Å². The Balaban J connectivity index is 0.00000132. The molecule has 3 nitrogen and oxygen atoms in total. The highest BCUT2D eigenvalue weighted by Crippen LogP contribution is 2.25. The fourth-order valence-corrected chi connectivity index (χ4v) is 3.15. The minimum atomic E-state index is 0. The van der Waals surface area contributed by atoms with Gasteiger partial charge in [-0.1, -0.05) is 37.3 Å². The summed E-state index contributed by atoms with van der Waals surface area (Å²) in [7, 11) is 0. The Morgan fingerprint density at radius 3 is 2.48 bits per heavy atom. The van der Waals surface area contributed by atoms with Gasteiger partial charge in [-0.15, -0.1) is 24.8 Å². The molecule has 1 aliphatic heterocycles. The summed E-state index contributed by atoms with van der Waals surface area (Å²) in [6.07, 6.45) is 4.55. The summed E-state index contributed by atoms with van der Waals surface area (Å²) in [6, 6.07) is 13.1. The predicted octanol–water partition coefficient (Wildman–Crippen LogP) is 4.19. The molecule has 5 heteroatoms. The van der Waals surface area contributed by atoms with Gasteiger partial charge in [0, 0.05) is 24.6 Å². The van der Waals surface area contributed by atoms with Crippen LogP contribution >= 0.6 is 24.8 Å². The molecule has 0 spiro atoms. The Morgan fingerprint density at radius 1 is 1.13 bits per heavy atom. The molecule has 0 radical (unpaired) electrons. The van der Waals surface area contributed by atoms with Crippen molar-refractivity contribution < 1.29 is 0 Å². The summed E-state index contributed by atoms with van der Waals surface area (Å²) < 4.78 is 2.23. The Labute approximate surface area is 151 Å². The molecule has 0 atom stereocenters. The second-order valence-electron chi connectivity index (χ2n) is 5.97. The molecule has 23 heavy (non-hydrogen) atoms. The third-order valence-corrected chi connectivity index (χ3v) is 4.30. The van der Waals surface area contributed by atoms with E-state index in [1.54, 1.807) is 0 Å². The maximum Gasteiger partial charge on any atom is 0.0659 e. The molecular formula is C18H27Cl2N3. The standard InChI is InChI=1S/C18H25N3.2ClH/c1-2-12-21-17(13-15-6-4-3-5-7-15)14-18(20-21)16-8-10-19-11-9-16;;/h3-7,14,16,19H,2,8-13H2,1H3;2*1H. The van der Waals surface area contributed by atoms with E-state index in [0.29, 0.717) is 5.92 Å². The van der Waals surface area contributed by atoms with E-state index in [1.165, 1.54) is 29.8 Å². The number of nitrogens with one attached hydrogen (secondary N) is 1. The average molecular weight is 356 g/mol. The highest BCUT2D eigenvalue weighted by atomic mass is 35.5. The average Bonchev–Trinajstić information content (AvgIpc) is 2.93. The van der Waals surface area contributed by atoms with Crippen molar-refractivity contribution in [1.82, 2.24) is 15.1 Å². The lowest BCUT2D eigenvalue weighted by atomic mass is 9.94. The van der Waals surface area contributed by atoms with Crippen LogP contribution in [0.4, 0.5) is 0 Å². The summed E-state index contributed by atoms with van der Waals surface area (Å²) in [5.74, 6) is 0.638. The van der Waals surface area contributed by atoms with Crippen LogP contribution in [-0.2, 0) is 13.0 Å². The molecule has 1 fully saturated rings. The number of aromatic nitrogens is 2. The Bertz CT molecular complexity index is 563. The summed E-state index contributed by atoms with van der Waals surface area (Å²) in [4.78, 5) is 0. The van der Waals surface area contributed by atoms with Gasteiger partial charge in [0.25, 0.3) is 0 Å². The van der Waals surface area contributed by atoms with E-state index in [9.17, 15) is 0 Å². The molecular weight excluding hydrogens is 329 g/mol. The van der Waals surface area contributed by atoms with Gasteiger partial charge in [-0.3, -0.25) is 4.68 Å². The number of hydrogen-bond donors (Lipinski definition) is 1. The van der Waals surface area contributed by atoms with E-state index >= 15 is 0 Å². The van der Waals surface area contributed by atoms with Crippen LogP contribution in [0, 0.1) is 0 Å². The molecule has 1 aromatic carbocycles. The Morgan fingerprint density at radius 2 is 1.83 bits per heavy atom. The second kappa shape index (κ2) is 9.96. The third kappa shape index (κ3) is 5.23. The largest absolute Gasteiger partial charge is 0.317 e. The minimum absolute atomic E-state index is 0. The van der Waals surface area contributed by atoms with Crippen LogP contribution in [0.1, 0.15) is 49.1 Å². The number of halogens is 2. The van der Waals surface area contributed by atoms with E-state index in [4.69, 9.17) is 5.10 Å². The molecule has 1 aliphatic rings. The molecule has 3 rings (SSSR count). The lowest BCUT2D eigenvalue weighted by Gasteiger charge is -2.20. The van der Waals surface area contributed by atoms with Crippen LogP contribution in [0.2, 0.25) is 0 Å². The number of aryl methyl sites for hydroxylation is 1. The molecule has 0 unspecified atom stereocenters. The number of nitrogens with zero attached hydrogens (tertiary/aromatic N) is 2. The quantitative estimate of drug-likeness (QED) is 0.870. The van der Waals surface area contributed by atoms with Gasteiger partial charge in [-0.25, -0.2) is 0 Å². The van der Waals surface area contributed by atoms with Gasteiger partial charge in [0.05, 0.1) is 5.69 Å². The molecule has 1 N–H and O–H groups in total. The fourth-order valence-electron chi connectivity index (χ4n) is 3.15. The molecule has 0 bridgehead atoms. The highest BCUT2D eigenvalue weighted by Gasteiger charge is 2.19. The number of piperidine rings is 1. The maximum absolute atomic E-state index is 4.91. The van der Waals surface area contributed by atoms with Crippen molar-refractivity contribution >= 4 is 24.8 Å². The predicted molar refractivity (Wildman–Crippen MR) is 101 cm³/mol. The van der Waals surface area contributed by atoms with E-state index in [2.05, 4.69) is 53.3 Å². The second-order valence-corrected chi connectivity index (χ2v) is 5.97. The van der Waals surface area contributed by atoms with Crippen molar-refractivity contribution in [2.45, 2.75) is 45.1 Å². The summed E-state index contributed by atoms with van der Waals surface area (Å²) in [6.45, 7) is 5.49. The topological polar surface area (TPSA) is 29.9 Å². The van der Waals surface area contributed by atoms with Crippen molar-refractivity contribution in [2.24, 2.45) is 0 Å². The van der Waals surface area contributed by atoms with Gasteiger partial charge < -0.3 is 5.32 Å². The number of benzene rings is 1. The maximum atomic E-state index is 4.91. The van der Waals surface area contributed by atoms with E-state index in [1.807, 2.05) is 0 Å². The van der Waals surface area contributed by atoms with Crippen LogP contribution in [0.15, 0.2) is 36.4 Å². The van der Waals surface area contributed by atoms with Crippen LogP contribution in [0.3, 0.4) is 0 Å². The monoisotopic (exact) mass is 355 g/mol. The van der Waals surface area contributed by atoms with Crippen LogP contribution in [0.5, 0.6) is 0 Å². The highest BCUT2D eigenvalue weighted by molar-refractivity contribution is 5.85. The molecule has 0 saturated carbocycles. The zero-order valence-corrected chi connectivity index (χ0v) is 15.3. The number of hydrogen-bond acceptors (Lipinski definition) is 2. The molecule has 0 aliphatic carbocycles. The molecule has 1 aromatic heterocycles. The molecule has 1 saturated heterocycles. The lowest BCUT2D eigenvalue weighted by Crippen LogP contribution is -2.26. The van der Waals surface area contributed by atoms with Gasteiger partial charge in [-0.05, 0) is 44.0 Å². The van der Waals surface area contributed by atoms with Crippen molar-refractivity contribution in [2.75, 3.05) is 13.1 Å². The van der Waals surface area contributed by atoms with Gasteiger partial charge in [-0.2, -0.15) is 5.10 Å². The van der Waals surface area contributed by atoms with Crippen LogP contribution in [-0.4, -0.2) is 22.9 Å². The molecule has 0 amide bonds. The first kappa shape index (κ1) is 20.0. The van der Waals surface area contributed by atoms with Crippen molar-refractivity contribution in [3.8, 4) is 0 Å². The van der Waals surface area contributed by atoms with E-state index in [-0.39, 0.29) is 24.8 Å². The van der Waals surface area contributed by atoms with Crippen LogP contribution < -0.4 is 5.32 Å². The van der Waals surface area contributed by atoms with E-state index in [0.717, 1.165) is 32.5 Å². The lowest BCUT2D eigenvalue weighted by molar-refractivity contribution is 0.446. The van der Waals surface area contributed by atoms with Gasteiger partial charge in [0.2, 0.25) is 0 Å². The molecule has 128 valence electrons. The van der Waals surface area contributed by atoms with E-state index < -0.39 is 0 Å². The first-order valence-electron chi connectivity index (χ1n) is 8.18. The zero-order chi connectivity index (χ0) is 14.5. The SMILES string of the molecule is CCCn1nc(C2CCNCC2)cc1Cc1ccccc1.Cl.Cl. The smallest absolute Gasteiger partial charge is 0.0659 e. The zero-order valence-electron chi connectivity index (χ0n) is 13.7. The summed E-state index contributed by atoms with van der Waals surface area (Å²) in [5, 5.41) is 8.34. The van der Waals surface area contributed by atoms with Gasteiger partial charge in [0.15, 0.2) is 0 Å². The van der Waals surface area contributed by atoms with Gasteiger partial charge in [0.1, 0.15) is 0 Å². The molecule has 2 heterocycles. The normalized spacial score (nSPS) is 14.8. The Kier molecular flexibility index (Phi) is 8.67. The first-order valence-corrected chi connectivity index (χ1v) is 8.18. The Hall–Kier alpha value is -1.03. The fraction of sp³-hybridized carbons (Fsp3) is 0.500. The number of rotatable bonds is 5. The van der Waals surface area contributed by atoms with Gasteiger partial charge >= 0.3 is 0 Å². The third-order valence-electron chi connectivity index (χ3n) is 4.30. The summed E-state index contributed by atoms with van der Waals surface area (Å²) in [5.41, 5.74) is 4.03. The summed E-state index contributed by atoms with van der Waals surface area (Å²) >= 11 is 0. The van der Waals surface area contributed by atoms with Crippen molar-refractivity contribution in [3.63, 3.8) is 0 Å².